The van der Waals surface area contributed by atoms with Crippen LogP contribution in [0.1, 0.15) is 39.3 Å². The third-order valence-electron chi connectivity index (χ3n) is 5.26. The standard InChI is InChI=1S/C21H17F2N3O2/c1-2-13-3-6-19(24-10-13)21(28)25-11-17-4-5-18(12-25)26(17)20(27)14-7-15(22)9-16(23)8-14/h1,3,6-10,17-18H,4-5,11-12H2. The normalized spacial score (nSPS) is 20.8. The molecule has 2 atom stereocenters. The molecule has 2 saturated heterocycles. The summed E-state index contributed by atoms with van der Waals surface area (Å²) < 4.78 is 27.0. The molecule has 0 N–H and O–H groups in total. The van der Waals surface area contributed by atoms with Crippen LogP contribution in [0.2, 0.25) is 0 Å². The van der Waals surface area contributed by atoms with Crippen LogP contribution in [-0.2, 0) is 0 Å². The lowest BCUT2D eigenvalue weighted by molar-refractivity contribution is 0.0357. The summed E-state index contributed by atoms with van der Waals surface area (Å²) in [6, 6.07) is 5.69. The lowest BCUT2D eigenvalue weighted by atomic mass is 10.1. The van der Waals surface area contributed by atoms with Gasteiger partial charge in [-0.1, -0.05) is 5.92 Å². The van der Waals surface area contributed by atoms with E-state index in [0.717, 1.165) is 31.0 Å². The van der Waals surface area contributed by atoms with Gasteiger partial charge in [-0.05, 0) is 37.1 Å². The Morgan fingerprint density at radius 1 is 1.04 bits per heavy atom. The van der Waals surface area contributed by atoms with Crippen molar-refractivity contribution in [2.75, 3.05) is 13.1 Å². The Bertz CT molecular complexity index is 950. The number of rotatable bonds is 2. The first-order valence-electron chi connectivity index (χ1n) is 8.97. The van der Waals surface area contributed by atoms with Crippen molar-refractivity contribution in [1.29, 1.82) is 0 Å². The molecule has 3 heterocycles. The van der Waals surface area contributed by atoms with E-state index in [-0.39, 0.29) is 23.6 Å². The molecule has 2 aliphatic rings. The molecule has 0 radical (unpaired) electrons. The lowest BCUT2D eigenvalue weighted by Crippen LogP contribution is -2.57. The Labute approximate surface area is 161 Å². The largest absolute Gasteiger partial charge is 0.333 e. The SMILES string of the molecule is C#Cc1ccc(C(=O)N2CC3CCC(C2)N3C(=O)c2cc(F)cc(F)c2)nc1. The molecule has 2 bridgehead atoms. The number of likely N-dealkylation sites (tertiary alicyclic amines) is 1. The third kappa shape index (κ3) is 3.22. The minimum atomic E-state index is -0.786. The van der Waals surface area contributed by atoms with Crippen molar-refractivity contribution >= 4 is 11.8 Å². The van der Waals surface area contributed by atoms with Crippen molar-refractivity contribution in [2.24, 2.45) is 0 Å². The molecular weight excluding hydrogens is 364 g/mol. The fraction of sp³-hybridized carbons (Fsp3) is 0.286. The number of halogens is 2. The van der Waals surface area contributed by atoms with E-state index >= 15 is 0 Å². The van der Waals surface area contributed by atoms with Gasteiger partial charge in [0.1, 0.15) is 17.3 Å². The van der Waals surface area contributed by atoms with Crippen LogP contribution in [0.4, 0.5) is 8.78 Å². The molecule has 28 heavy (non-hydrogen) atoms. The molecule has 2 amide bonds. The molecule has 1 aromatic heterocycles. The van der Waals surface area contributed by atoms with Crippen molar-refractivity contribution in [2.45, 2.75) is 24.9 Å². The summed E-state index contributed by atoms with van der Waals surface area (Å²) in [4.78, 5) is 33.1. The van der Waals surface area contributed by atoms with Gasteiger partial charge in [0.25, 0.3) is 11.8 Å². The Morgan fingerprint density at radius 2 is 1.68 bits per heavy atom. The zero-order chi connectivity index (χ0) is 19.8. The number of carbonyl (C=O) groups excluding carboxylic acids is 2. The number of piperazine rings is 1. The van der Waals surface area contributed by atoms with E-state index in [1.807, 2.05) is 0 Å². The number of aromatic nitrogens is 1. The van der Waals surface area contributed by atoms with E-state index < -0.39 is 17.5 Å². The summed E-state index contributed by atoms with van der Waals surface area (Å²) in [6.07, 6.45) is 8.25. The van der Waals surface area contributed by atoms with Gasteiger partial charge >= 0.3 is 0 Å². The monoisotopic (exact) mass is 381 g/mol. The molecule has 1 aromatic carbocycles. The summed E-state index contributed by atoms with van der Waals surface area (Å²) >= 11 is 0. The molecule has 2 unspecified atom stereocenters. The Morgan fingerprint density at radius 3 is 2.21 bits per heavy atom. The second-order valence-corrected chi connectivity index (χ2v) is 7.04. The zero-order valence-corrected chi connectivity index (χ0v) is 14.9. The fourth-order valence-corrected chi connectivity index (χ4v) is 3.99. The van der Waals surface area contributed by atoms with Gasteiger partial charge in [0.15, 0.2) is 0 Å². The molecule has 7 heteroatoms. The van der Waals surface area contributed by atoms with Gasteiger partial charge in [0.05, 0.1) is 12.1 Å². The molecule has 0 aliphatic carbocycles. The highest BCUT2D eigenvalue weighted by molar-refractivity contribution is 5.96. The number of benzene rings is 1. The van der Waals surface area contributed by atoms with Gasteiger partial charge in [0, 0.05) is 36.5 Å². The van der Waals surface area contributed by atoms with Gasteiger partial charge in [0.2, 0.25) is 0 Å². The quantitative estimate of drug-likeness (QED) is 0.751. The first-order chi connectivity index (χ1) is 13.5. The number of fused-ring (bicyclic) bond motifs is 2. The van der Waals surface area contributed by atoms with E-state index in [0.29, 0.717) is 24.3 Å². The van der Waals surface area contributed by atoms with Crippen molar-refractivity contribution < 1.29 is 18.4 Å². The first-order valence-corrected chi connectivity index (χ1v) is 8.97. The van der Waals surface area contributed by atoms with Gasteiger partial charge in [-0.25, -0.2) is 13.8 Å². The second-order valence-electron chi connectivity index (χ2n) is 7.04. The molecule has 2 aromatic rings. The van der Waals surface area contributed by atoms with E-state index in [1.165, 1.54) is 6.20 Å². The second kappa shape index (κ2) is 7.04. The van der Waals surface area contributed by atoms with Crippen molar-refractivity contribution in [3.63, 3.8) is 0 Å². The number of carbonyl (C=O) groups is 2. The predicted octanol–water partition coefficient (Wildman–Crippen LogP) is 2.47. The predicted molar refractivity (Wildman–Crippen MR) is 97.4 cm³/mol. The summed E-state index contributed by atoms with van der Waals surface area (Å²) in [5.41, 5.74) is 0.875. The number of nitrogens with zero attached hydrogens (tertiary/aromatic N) is 3. The van der Waals surface area contributed by atoms with Crippen LogP contribution in [0.15, 0.2) is 36.5 Å². The van der Waals surface area contributed by atoms with E-state index in [1.54, 1.807) is 21.9 Å². The first kappa shape index (κ1) is 18.1. The van der Waals surface area contributed by atoms with E-state index in [2.05, 4.69) is 10.9 Å². The van der Waals surface area contributed by atoms with Crippen molar-refractivity contribution in [3.05, 3.63) is 65.0 Å². The molecule has 2 fully saturated rings. The Kier molecular flexibility index (Phi) is 4.55. The summed E-state index contributed by atoms with van der Waals surface area (Å²) in [7, 11) is 0. The van der Waals surface area contributed by atoms with Crippen LogP contribution in [0.25, 0.3) is 0 Å². The van der Waals surface area contributed by atoms with Crippen LogP contribution in [0.3, 0.4) is 0 Å². The molecular formula is C21H17F2N3O2. The summed E-state index contributed by atoms with van der Waals surface area (Å²) in [5.74, 6) is 0.255. The molecule has 0 spiro atoms. The summed E-state index contributed by atoms with van der Waals surface area (Å²) in [5, 5.41) is 0. The maximum absolute atomic E-state index is 13.5. The molecule has 2 aliphatic heterocycles. The average molecular weight is 381 g/mol. The van der Waals surface area contributed by atoms with Crippen LogP contribution in [0, 0.1) is 24.0 Å². The molecule has 0 saturated carbocycles. The van der Waals surface area contributed by atoms with Crippen LogP contribution in [0.5, 0.6) is 0 Å². The minimum Gasteiger partial charge on any atom is -0.333 e. The highest BCUT2D eigenvalue weighted by Crippen LogP contribution is 2.32. The minimum absolute atomic E-state index is 0.0132. The van der Waals surface area contributed by atoms with Gasteiger partial charge in [-0.15, -0.1) is 6.42 Å². The molecule has 4 rings (SSSR count). The lowest BCUT2D eigenvalue weighted by Gasteiger charge is -2.41. The maximum Gasteiger partial charge on any atom is 0.272 e. The highest BCUT2D eigenvalue weighted by Gasteiger charge is 2.44. The Hall–Kier alpha value is -3.27. The number of amides is 2. The van der Waals surface area contributed by atoms with Crippen LogP contribution >= 0.6 is 0 Å². The smallest absolute Gasteiger partial charge is 0.272 e. The number of terminal acetylenes is 1. The highest BCUT2D eigenvalue weighted by atomic mass is 19.1. The van der Waals surface area contributed by atoms with Crippen LogP contribution < -0.4 is 0 Å². The fourth-order valence-electron chi connectivity index (χ4n) is 3.99. The van der Waals surface area contributed by atoms with Gasteiger partial charge < -0.3 is 9.80 Å². The van der Waals surface area contributed by atoms with Crippen molar-refractivity contribution in [3.8, 4) is 12.3 Å². The Balaban J connectivity index is 1.52. The summed E-state index contributed by atoms with van der Waals surface area (Å²) in [6.45, 7) is 0.717. The van der Waals surface area contributed by atoms with Crippen LogP contribution in [-0.4, -0.2) is 51.8 Å². The molecule has 142 valence electrons. The topological polar surface area (TPSA) is 53.5 Å². The van der Waals surface area contributed by atoms with E-state index in [9.17, 15) is 18.4 Å². The van der Waals surface area contributed by atoms with E-state index in [4.69, 9.17) is 6.42 Å². The third-order valence-corrected chi connectivity index (χ3v) is 5.26. The molecule has 5 nitrogen and oxygen atoms in total. The number of hydrogen-bond acceptors (Lipinski definition) is 3. The zero-order valence-electron chi connectivity index (χ0n) is 14.9. The van der Waals surface area contributed by atoms with Gasteiger partial charge in [-0.3, -0.25) is 9.59 Å². The van der Waals surface area contributed by atoms with Gasteiger partial charge in [-0.2, -0.15) is 0 Å². The average Bonchev–Trinajstić information content (AvgIpc) is 2.95. The van der Waals surface area contributed by atoms with Crippen molar-refractivity contribution in [1.82, 2.24) is 14.8 Å². The number of pyridine rings is 1. The maximum atomic E-state index is 13.5. The number of hydrogen-bond donors (Lipinski definition) is 0.